The number of hydrogen-bond donors (Lipinski definition) is 3. The van der Waals surface area contributed by atoms with Crippen LogP contribution in [0, 0.1) is 5.92 Å². The van der Waals surface area contributed by atoms with Gasteiger partial charge in [0.25, 0.3) is 5.91 Å². The SMILES string of the molecule is CC[C@H](C)[C@H](NS(=O)(=O)c1cccc2ccccc12)C(=O)N[C@@H](Cc1ccccc1)C(=O)C(=O)NCc1ccccc1. The molecule has 9 heteroatoms. The second kappa shape index (κ2) is 14.0. The lowest BCUT2D eigenvalue weighted by atomic mass is 9.97. The molecule has 0 aliphatic rings. The summed E-state index contributed by atoms with van der Waals surface area (Å²) in [5.41, 5.74) is 1.56. The van der Waals surface area contributed by atoms with Crippen LogP contribution >= 0.6 is 0 Å². The minimum atomic E-state index is -4.13. The number of carbonyl (C=O) groups excluding carboxylic acids is 3. The predicted molar refractivity (Wildman–Crippen MR) is 163 cm³/mol. The zero-order valence-electron chi connectivity index (χ0n) is 23.6. The van der Waals surface area contributed by atoms with Crippen molar-refractivity contribution >= 4 is 38.4 Å². The van der Waals surface area contributed by atoms with Crippen molar-refractivity contribution in [3.05, 3.63) is 114 Å². The molecule has 4 rings (SSSR count). The van der Waals surface area contributed by atoms with Gasteiger partial charge in [0.2, 0.25) is 21.7 Å². The number of rotatable bonds is 13. The Morgan fingerprint density at radius 2 is 1.36 bits per heavy atom. The van der Waals surface area contributed by atoms with Crippen LogP contribution in [0.15, 0.2) is 108 Å². The van der Waals surface area contributed by atoms with Crippen molar-refractivity contribution in [1.29, 1.82) is 0 Å². The van der Waals surface area contributed by atoms with Crippen LogP contribution in [0.1, 0.15) is 31.4 Å². The summed E-state index contributed by atoms with van der Waals surface area (Å²) < 4.78 is 29.8. The number of hydrogen-bond acceptors (Lipinski definition) is 5. The molecule has 3 atom stereocenters. The first-order valence-electron chi connectivity index (χ1n) is 13.9. The molecule has 0 aromatic heterocycles. The number of carbonyl (C=O) groups is 3. The first-order valence-corrected chi connectivity index (χ1v) is 15.4. The second-order valence-electron chi connectivity index (χ2n) is 10.2. The molecular weight excluding hydrogens is 550 g/mol. The molecule has 0 aliphatic carbocycles. The van der Waals surface area contributed by atoms with Crippen molar-refractivity contribution in [3.63, 3.8) is 0 Å². The van der Waals surface area contributed by atoms with Crippen molar-refractivity contribution in [2.24, 2.45) is 5.92 Å². The van der Waals surface area contributed by atoms with Crippen LogP contribution in [0.2, 0.25) is 0 Å². The third-order valence-electron chi connectivity index (χ3n) is 7.25. The summed E-state index contributed by atoms with van der Waals surface area (Å²) in [6, 6.07) is 27.9. The highest BCUT2D eigenvalue weighted by molar-refractivity contribution is 7.89. The maximum absolute atomic E-state index is 13.7. The summed E-state index contributed by atoms with van der Waals surface area (Å²) in [6.45, 7) is 3.76. The Balaban J connectivity index is 1.57. The maximum Gasteiger partial charge on any atom is 0.289 e. The van der Waals surface area contributed by atoms with E-state index in [2.05, 4.69) is 15.4 Å². The average Bonchev–Trinajstić information content (AvgIpc) is 3.02. The number of sulfonamides is 1. The molecule has 0 spiro atoms. The van der Waals surface area contributed by atoms with Gasteiger partial charge in [-0.05, 0) is 28.5 Å². The highest BCUT2D eigenvalue weighted by Gasteiger charge is 2.34. The summed E-state index contributed by atoms with van der Waals surface area (Å²) in [7, 11) is -4.13. The molecule has 4 aromatic carbocycles. The Hall–Kier alpha value is -4.34. The zero-order chi connectivity index (χ0) is 30.1. The molecule has 2 amide bonds. The largest absolute Gasteiger partial charge is 0.345 e. The molecule has 0 saturated carbocycles. The summed E-state index contributed by atoms with van der Waals surface area (Å²) >= 11 is 0. The van der Waals surface area contributed by atoms with E-state index in [0.717, 1.165) is 16.5 Å². The van der Waals surface area contributed by atoms with Crippen LogP contribution in [0.25, 0.3) is 10.8 Å². The van der Waals surface area contributed by atoms with Gasteiger partial charge in [0, 0.05) is 18.4 Å². The van der Waals surface area contributed by atoms with Crippen LogP contribution in [0.5, 0.6) is 0 Å². The van der Waals surface area contributed by atoms with Crippen molar-refractivity contribution in [3.8, 4) is 0 Å². The van der Waals surface area contributed by atoms with E-state index in [1.165, 1.54) is 6.07 Å². The van der Waals surface area contributed by atoms with E-state index in [1.807, 2.05) is 61.5 Å². The normalized spacial score (nSPS) is 13.6. The first-order chi connectivity index (χ1) is 20.2. The summed E-state index contributed by atoms with van der Waals surface area (Å²) in [4.78, 5) is 40.0. The fourth-order valence-electron chi connectivity index (χ4n) is 4.67. The molecule has 0 bridgehead atoms. The van der Waals surface area contributed by atoms with E-state index < -0.39 is 45.6 Å². The molecule has 8 nitrogen and oxygen atoms in total. The zero-order valence-corrected chi connectivity index (χ0v) is 24.4. The molecule has 42 heavy (non-hydrogen) atoms. The van der Waals surface area contributed by atoms with Crippen molar-refractivity contribution in [2.45, 2.75) is 50.2 Å². The molecule has 0 aliphatic heterocycles. The van der Waals surface area contributed by atoms with E-state index in [1.54, 1.807) is 49.4 Å². The lowest BCUT2D eigenvalue weighted by molar-refractivity contribution is -0.140. The minimum Gasteiger partial charge on any atom is -0.345 e. The van der Waals surface area contributed by atoms with E-state index in [0.29, 0.717) is 11.8 Å². The first kappa shape index (κ1) is 30.6. The Kier molecular flexibility index (Phi) is 10.2. The van der Waals surface area contributed by atoms with Crippen molar-refractivity contribution < 1.29 is 22.8 Å². The topological polar surface area (TPSA) is 121 Å². The fraction of sp³-hybridized carbons (Fsp3) is 0.242. The van der Waals surface area contributed by atoms with Gasteiger partial charge in [-0.2, -0.15) is 4.72 Å². The molecule has 0 fully saturated rings. The van der Waals surface area contributed by atoms with Crippen molar-refractivity contribution in [2.75, 3.05) is 0 Å². The van der Waals surface area contributed by atoms with Gasteiger partial charge in [-0.3, -0.25) is 14.4 Å². The van der Waals surface area contributed by atoms with Crippen LogP contribution in [0.3, 0.4) is 0 Å². The van der Waals surface area contributed by atoms with Gasteiger partial charge in [0.1, 0.15) is 12.1 Å². The number of fused-ring (bicyclic) bond motifs is 1. The summed E-state index contributed by atoms with van der Waals surface area (Å²) in [5, 5.41) is 6.60. The standard InChI is InChI=1S/C33H35N3O5S/c1-3-23(2)30(36-42(40,41)29-20-12-18-26-17-10-11-19-27(26)29)32(38)35-28(21-24-13-6-4-7-14-24)31(37)33(39)34-22-25-15-8-5-9-16-25/h4-20,23,28,30,36H,3,21-22H2,1-2H3,(H,34,39)(H,35,38)/t23-,28-,30-/m0/s1. The van der Waals surface area contributed by atoms with E-state index >= 15 is 0 Å². The molecule has 0 radical (unpaired) electrons. The minimum absolute atomic E-state index is 0.0545. The number of nitrogens with one attached hydrogen (secondary N) is 3. The van der Waals surface area contributed by atoms with Gasteiger partial charge in [0.15, 0.2) is 0 Å². The molecule has 0 saturated heterocycles. The smallest absolute Gasteiger partial charge is 0.289 e. The van der Waals surface area contributed by atoms with Crippen LogP contribution in [0.4, 0.5) is 0 Å². The van der Waals surface area contributed by atoms with Crippen LogP contribution < -0.4 is 15.4 Å². The van der Waals surface area contributed by atoms with Gasteiger partial charge >= 0.3 is 0 Å². The third-order valence-corrected chi connectivity index (χ3v) is 8.75. The number of amides is 2. The van der Waals surface area contributed by atoms with Crippen molar-refractivity contribution in [1.82, 2.24) is 15.4 Å². The van der Waals surface area contributed by atoms with Gasteiger partial charge in [0.05, 0.1) is 4.90 Å². The molecule has 3 N–H and O–H groups in total. The van der Waals surface area contributed by atoms with E-state index in [9.17, 15) is 22.8 Å². The second-order valence-corrected chi connectivity index (χ2v) is 11.9. The molecule has 0 unspecified atom stereocenters. The molecule has 4 aromatic rings. The van der Waals surface area contributed by atoms with Gasteiger partial charge in [-0.1, -0.05) is 117 Å². The summed E-state index contributed by atoms with van der Waals surface area (Å²) in [6.07, 6.45) is 0.554. The highest BCUT2D eigenvalue weighted by atomic mass is 32.2. The van der Waals surface area contributed by atoms with Gasteiger partial charge in [-0.25, -0.2) is 8.42 Å². The van der Waals surface area contributed by atoms with E-state index in [4.69, 9.17) is 0 Å². The number of ketones is 1. The predicted octanol–water partition coefficient (Wildman–Crippen LogP) is 4.15. The highest BCUT2D eigenvalue weighted by Crippen LogP contribution is 2.24. The van der Waals surface area contributed by atoms with Crippen LogP contribution in [-0.4, -0.2) is 38.1 Å². The quantitative estimate of drug-likeness (QED) is 0.204. The lowest BCUT2D eigenvalue weighted by Gasteiger charge is -2.26. The Labute approximate surface area is 246 Å². The fourth-order valence-corrected chi connectivity index (χ4v) is 6.20. The Bertz CT molecular complexity index is 1640. The molecule has 0 heterocycles. The van der Waals surface area contributed by atoms with E-state index in [-0.39, 0.29) is 17.9 Å². The van der Waals surface area contributed by atoms with Gasteiger partial charge in [-0.15, -0.1) is 0 Å². The summed E-state index contributed by atoms with van der Waals surface area (Å²) in [5.74, 6) is -2.74. The number of benzene rings is 4. The molecule has 218 valence electrons. The van der Waals surface area contributed by atoms with Crippen LogP contribution in [-0.2, 0) is 37.4 Å². The Morgan fingerprint density at radius 3 is 2.02 bits per heavy atom. The maximum atomic E-state index is 13.7. The monoisotopic (exact) mass is 585 g/mol. The van der Waals surface area contributed by atoms with Gasteiger partial charge < -0.3 is 10.6 Å². The molecular formula is C33H35N3O5S. The third kappa shape index (κ3) is 7.69. The Morgan fingerprint density at radius 1 is 0.762 bits per heavy atom. The number of Topliss-reactive ketones (excluding diaryl/α,β-unsaturated/α-hetero) is 1. The lowest BCUT2D eigenvalue weighted by Crippen LogP contribution is -2.56. The average molecular weight is 586 g/mol.